The molecule has 0 saturated heterocycles. The highest BCUT2D eigenvalue weighted by atomic mass is 14.5. The number of rotatable bonds is 4. The van der Waals surface area contributed by atoms with Gasteiger partial charge in [-0.05, 0) is 6.42 Å². The van der Waals surface area contributed by atoms with E-state index in [4.69, 9.17) is 5.73 Å². The predicted molar refractivity (Wildman–Crippen MR) is 50.0 cm³/mol. The molecule has 0 aliphatic heterocycles. The number of allylic oxidation sites excluding steroid dienone is 3. The van der Waals surface area contributed by atoms with Crippen molar-refractivity contribution in [2.75, 3.05) is 0 Å². The van der Waals surface area contributed by atoms with Gasteiger partial charge in [0.25, 0.3) is 0 Å². The molecule has 0 fully saturated rings. The Morgan fingerprint density at radius 3 is 2.73 bits per heavy atom. The van der Waals surface area contributed by atoms with Crippen molar-refractivity contribution < 1.29 is 0 Å². The van der Waals surface area contributed by atoms with Crippen molar-refractivity contribution in [1.29, 1.82) is 0 Å². The van der Waals surface area contributed by atoms with Gasteiger partial charge in [-0.2, -0.15) is 0 Å². The highest BCUT2D eigenvalue weighted by Gasteiger charge is 1.83. The van der Waals surface area contributed by atoms with Gasteiger partial charge in [0.1, 0.15) is 0 Å². The van der Waals surface area contributed by atoms with Crippen molar-refractivity contribution >= 4 is 0 Å². The van der Waals surface area contributed by atoms with Crippen molar-refractivity contribution in [2.45, 2.75) is 19.8 Å². The van der Waals surface area contributed by atoms with E-state index in [0.717, 1.165) is 12.0 Å². The Kier molecular flexibility index (Phi) is 4.97. The summed E-state index contributed by atoms with van der Waals surface area (Å²) in [6.45, 7) is 9.33. The number of nitrogens with two attached hydrogens (primary N) is 1. The SMILES string of the molecule is C=C=C(N)C/C=C/C(=C)CC. The first-order chi connectivity index (χ1) is 5.20. The third kappa shape index (κ3) is 5.25. The molecule has 0 aliphatic carbocycles. The summed E-state index contributed by atoms with van der Waals surface area (Å²) in [6.07, 6.45) is 5.64. The molecular weight excluding hydrogens is 134 g/mol. The normalized spacial score (nSPS) is 9.55. The second-order valence-corrected chi connectivity index (χ2v) is 2.32. The Morgan fingerprint density at radius 2 is 2.27 bits per heavy atom. The zero-order valence-electron chi connectivity index (χ0n) is 7.06. The smallest absolute Gasteiger partial charge is 0.0544 e. The fourth-order valence-corrected chi connectivity index (χ4v) is 0.543. The highest BCUT2D eigenvalue weighted by molar-refractivity contribution is 5.15. The molecule has 11 heavy (non-hydrogen) atoms. The molecule has 0 unspecified atom stereocenters. The standard InChI is InChI=1S/C10H15N/c1-4-9(3)7-6-8-10(11)5-2/h6-7H,2-4,8,11H2,1H3/b7-6+. The van der Waals surface area contributed by atoms with Crippen LogP contribution in [0, 0.1) is 0 Å². The van der Waals surface area contributed by atoms with Crippen LogP contribution < -0.4 is 5.73 Å². The Labute approximate surface area is 68.6 Å². The van der Waals surface area contributed by atoms with E-state index < -0.39 is 0 Å². The van der Waals surface area contributed by atoms with E-state index in [2.05, 4.69) is 25.8 Å². The van der Waals surface area contributed by atoms with Crippen LogP contribution in [0.2, 0.25) is 0 Å². The first-order valence-corrected chi connectivity index (χ1v) is 3.69. The topological polar surface area (TPSA) is 26.0 Å². The highest BCUT2D eigenvalue weighted by Crippen LogP contribution is 2.00. The van der Waals surface area contributed by atoms with Gasteiger partial charge in [0, 0.05) is 6.42 Å². The molecule has 0 radical (unpaired) electrons. The van der Waals surface area contributed by atoms with Gasteiger partial charge in [-0.1, -0.05) is 37.8 Å². The minimum Gasteiger partial charge on any atom is -0.396 e. The molecule has 1 nitrogen and oxygen atoms in total. The largest absolute Gasteiger partial charge is 0.396 e. The molecule has 1 heteroatoms. The van der Waals surface area contributed by atoms with Crippen LogP contribution in [0.1, 0.15) is 19.8 Å². The van der Waals surface area contributed by atoms with E-state index in [9.17, 15) is 0 Å². The van der Waals surface area contributed by atoms with Crippen molar-refractivity contribution in [3.05, 3.63) is 42.3 Å². The zero-order valence-corrected chi connectivity index (χ0v) is 7.06. The van der Waals surface area contributed by atoms with Crippen LogP contribution in [-0.2, 0) is 0 Å². The van der Waals surface area contributed by atoms with Crippen LogP contribution in [0.3, 0.4) is 0 Å². The molecule has 0 saturated carbocycles. The Bertz CT molecular complexity index is 205. The summed E-state index contributed by atoms with van der Waals surface area (Å²) in [4.78, 5) is 0. The maximum absolute atomic E-state index is 5.46. The van der Waals surface area contributed by atoms with Gasteiger partial charge < -0.3 is 5.73 Å². The van der Waals surface area contributed by atoms with Gasteiger partial charge in [0.2, 0.25) is 0 Å². The van der Waals surface area contributed by atoms with Crippen LogP contribution >= 0.6 is 0 Å². The second kappa shape index (κ2) is 5.57. The molecule has 2 N–H and O–H groups in total. The van der Waals surface area contributed by atoms with E-state index in [-0.39, 0.29) is 0 Å². The van der Waals surface area contributed by atoms with E-state index in [1.54, 1.807) is 0 Å². The summed E-state index contributed by atoms with van der Waals surface area (Å²) < 4.78 is 0. The van der Waals surface area contributed by atoms with Gasteiger partial charge in [-0.15, -0.1) is 5.73 Å². The molecular formula is C10H15N. The van der Waals surface area contributed by atoms with Crippen LogP contribution in [0.5, 0.6) is 0 Å². The quantitative estimate of drug-likeness (QED) is 0.482. The van der Waals surface area contributed by atoms with E-state index in [1.807, 2.05) is 12.2 Å². The van der Waals surface area contributed by atoms with E-state index >= 15 is 0 Å². The molecule has 60 valence electrons. The Balaban J connectivity index is 3.78. The average Bonchev–Trinajstić information content (AvgIpc) is 2.04. The fourth-order valence-electron chi connectivity index (χ4n) is 0.543. The van der Waals surface area contributed by atoms with Crippen LogP contribution in [0.25, 0.3) is 0 Å². The maximum Gasteiger partial charge on any atom is 0.0544 e. The van der Waals surface area contributed by atoms with Crippen molar-refractivity contribution in [3.63, 3.8) is 0 Å². The van der Waals surface area contributed by atoms with Gasteiger partial charge in [0.05, 0.1) is 5.70 Å². The molecule has 0 heterocycles. The Morgan fingerprint density at radius 1 is 1.64 bits per heavy atom. The summed E-state index contributed by atoms with van der Waals surface area (Å²) in [5.41, 5.74) is 9.87. The zero-order chi connectivity index (χ0) is 8.69. The molecule has 0 aliphatic rings. The minimum absolute atomic E-state index is 0.671. The maximum atomic E-state index is 5.46. The van der Waals surface area contributed by atoms with E-state index in [1.165, 1.54) is 0 Å². The van der Waals surface area contributed by atoms with Gasteiger partial charge in [-0.25, -0.2) is 0 Å². The van der Waals surface area contributed by atoms with Crippen molar-refractivity contribution in [1.82, 2.24) is 0 Å². The van der Waals surface area contributed by atoms with Crippen LogP contribution in [-0.4, -0.2) is 0 Å². The van der Waals surface area contributed by atoms with Crippen LogP contribution in [0.4, 0.5) is 0 Å². The third-order valence-electron chi connectivity index (χ3n) is 1.37. The predicted octanol–water partition coefficient (Wildman–Crippen LogP) is 2.53. The fraction of sp³-hybridized carbons (Fsp3) is 0.300. The summed E-state index contributed by atoms with van der Waals surface area (Å²) in [7, 11) is 0. The van der Waals surface area contributed by atoms with Gasteiger partial charge in [-0.3, -0.25) is 0 Å². The van der Waals surface area contributed by atoms with Gasteiger partial charge >= 0.3 is 0 Å². The second-order valence-electron chi connectivity index (χ2n) is 2.32. The molecule has 0 aromatic rings. The first kappa shape index (κ1) is 9.80. The molecule has 0 amide bonds. The van der Waals surface area contributed by atoms with Gasteiger partial charge in [0.15, 0.2) is 0 Å². The lowest BCUT2D eigenvalue weighted by Crippen LogP contribution is -1.92. The van der Waals surface area contributed by atoms with Crippen LogP contribution in [0.15, 0.2) is 42.3 Å². The third-order valence-corrected chi connectivity index (χ3v) is 1.37. The number of hydrogen-bond donors (Lipinski definition) is 1. The number of hydrogen-bond acceptors (Lipinski definition) is 1. The van der Waals surface area contributed by atoms with Crippen molar-refractivity contribution in [3.8, 4) is 0 Å². The summed E-state index contributed by atoms with van der Waals surface area (Å²) in [5, 5.41) is 0. The molecule has 0 rings (SSSR count). The molecule has 0 aromatic carbocycles. The lowest BCUT2D eigenvalue weighted by Gasteiger charge is -1.92. The average molecular weight is 149 g/mol. The molecule has 0 spiro atoms. The lowest BCUT2D eigenvalue weighted by atomic mass is 10.2. The summed E-state index contributed by atoms with van der Waals surface area (Å²) >= 11 is 0. The van der Waals surface area contributed by atoms with Crippen molar-refractivity contribution in [2.24, 2.45) is 5.73 Å². The molecule has 0 bridgehead atoms. The lowest BCUT2D eigenvalue weighted by molar-refractivity contribution is 1.13. The molecule has 0 aromatic heterocycles. The molecule has 0 atom stereocenters. The monoisotopic (exact) mass is 149 g/mol. The first-order valence-electron chi connectivity index (χ1n) is 3.69. The Hall–Kier alpha value is -1.20. The summed E-state index contributed by atoms with van der Waals surface area (Å²) in [6, 6.07) is 0. The minimum atomic E-state index is 0.671. The van der Waals surface area contributed by atoms with E-state index in [0.29, 0.717) is 12.1 Å². The summed E-state index contributed by atoms with van der Waals surface area (Å²) in [5.74, 6) is 0.